The first kappa shape index (κ1) is 9.40. The van der Waals surface area contributed by atoms with Gasteiger partial charge in [-0.05, 0) is 6.92 Å². The Bertz CT molecular complexity index is 204. The maximum absolute atomic E-state index is 10.8. The summed E-state index contributed by atoms with van der Waals surface area (Å²) in [5.41, 5.74) is -1.89. The minimum absolute atomic E-state index is 0.905. The largest absolute Gasteiger partial charge is 0.387 e. The fraction of sp³-hybridized carbons (Fsp3) is 0.833. The first-order chi connectivity index (χ1) is 5.36. The van der Waals surface area contributed by atoms with Gasteiger partial charge in [0, 0.05) is 0 Å². The van der Waals surface area contributed by atoms with Crippen LogP contribution >= 0.6 is 0 Å². The van der Waals surface area contributed by atoms with Gasteiger partial charge < -0.3 is 25.7 Å². The van der Waals surface area contributed by atoms with Crippen LogP contribution in [-0.2, 0) is 4.79 Å². The molecule has 1 saturated heterocycles. The van der Waals surface area contributed by atoms with Gasteiger partial charge in [0.05, 0.1) is 0 Å². The molecule has 4 atom stereocenters. The third-order valence-electron chi connectivity index (χ3n) is 1.87. The van der Waals surface area contributed by atoms with Crippen molar-refractivity contribution in [1.29, 1.82) is 0 Å². The lowest BCUT2D eigenvalue weighted by atomic mass is 9.94. The molecule has 0 aromatic heterocycles. The molecule has 1 fully saturated rings. The number of aliphatic hydroxyl groups is 4. The van der Waals surface area contributed by atoms with Gasteiger partial charge in [0.15, 0.2) is 11.8 Å². The van der Waals surface area contributed by atoms with Crippen molar-refractivity contribution in [3.05, 3.63) is 0 Å². The summed E-state index contributed by atoms with van der Waals surface area (Å²) >= 11 is 0. The molecule has 12 heavy (non-hydrogen) atoms. The molecule has 5 N–H and O–H groups in total. The molecule has 6 heteroatoms. The Morgan fingerprint density at radius 1 is 1.42 bits per heavy atom. The third-order valence-corrected chi connectivity index (χ3v) is 1.87. The van der Waals surface area contributed by atoms with E-state index in [-0.39, 0.29) is 0 Å². The number of hydrogen-bond donors (Lipinski definition) is 5. The molecule has 0 aliphatic carbocycles. The van der Waals surface area contributed by atoms with Crippen molar-refractivity contribution in [3.8, 4) is 0 Å². The van der Waals surface area contributed by atoms with E-state index in [1.165, 1.54) is 0 Å². The SMILES string of the molecule is C[C@]1(O)NC(=O)[C@@H](O)[C@@H](O)[C@@H]1O. The fourth-order valence-corrected chi connectivity index (χ4v) is 1.06. The Labute approximate surface area is 68.4 Å². The van der Waals surface area contributed by atoms with Gasteiger partial charge in [-0.1, -0.05) is 0 Å². The van der Waals surface area contributed by atoms with Crippen LogP contribution in [-0.4, -0.2) is 50.4 Å². The molecule has 0 aromatic rings. The van der Waals surface area contributed by atoms with Crippen LogP contribution in [0.15, 0.2) is 0 Å². The van der Waals surface area contributed by atoms with Gasteiger partial charge in [-0.25, -0.2) is 0 Å². The van der Waals surface area contributed by atoms with E-state index in [9.17, 15) is 9.90 Å². The molecular formula is C6H11NO5. The number of aliphatic hydroxyl groups excluding tert-OH is 3. The second kappa shape index (κ2) is 2.67. The van der Waals surface area contributed by atoms with E-state index < -0.39 is 29.9 Å². The second-order valence-corrected chi connectivity index (χ2v) is 3.02. The summed E-state index contributed by atoms with van der Waals surface area (Å²) in [7, 11) is 0. The number of nitrogens with one attached hydrogen (secondary N) is 1. The van der Waals surface area contributed by atoms with Crippen LogP contribution in [0.25, 0.3) is 0 Å². The molecule has 0 bridgehead atoms. The van der Waals surface area contributed by atoms with E-state index in [0.717, 1.165) is 6.92 Å². The average Bonchev–Trinajstić information content (AvgIpc) is 1.97. The number of carbonyl (C=O) groups is 1. The lowest BCUT2D eigenvalue weighted by Gasteiger charge is -2.39. The predicted molar refractivity (Wildman–Crippen MR) is 36.8 cm³/mol. The maximum atomic E-state index is 10.8. The number of hydrogen-bond acceptors (Lipinski definition) is 5. The quantitative estimate of drug-likeness (QED) is 0.269. The van der Waals surface area contributed by atoms with Crippen molar-refractivity contribution in [2.24, 2.45) is 0 Å². The van der Waals surface area contributed by atoms with Crippen LogP contribution in [0.2, 0.25) is 0 Å². The van der Waals surface area contributed by atoms with Gasteiger partial charge in [0.25, 0.3) is 5.91 Å². The highest BCUT2D eigenvalue weighted by Crippen LogP contribution is 2.18. The van der Waals surface area contributed by atoms with E-state index in [0.29, 0.717) is 0 Å². The smallest absolute Gasteiger partial charge is 0.253 e. The Balaban J connectivity index is 2.85. The van der Waals surface area contributed by atoms with Gasteiger partial charge in [0.1, 0.15) is 12.2 Å². The zero-order chi connectivity index (χ0) is 9.52. The second-order valence-electron chi connectivity index (χ2n) is 3.02. The zero-order valence-corrected chi connectivity index (χ0v) is 6.43. The lowest BCUT2D eigenvalue weighted by molar-refractivity contribution is -0.195. The predicted octanol–water partition coefficient (Wildman–Crippen LogP) is -3.09. The van der Waals surface area contributed by atoms with Crippen LogP contribution < -0.4 is 5.32 Å². The van der Waals surface area contributed by atoms with Crippen LogP contribution in [0.4, 0.5) is 0 Å². The Morgan fingerprint density at radius 2 is 1.92 bits per heavy atom. The number of carbonyl (C=O) groups excluding carboxylic acids is 1. The minimum Gasteiger partial charge on any atom is -0.387 e. The van der Waals surface area contributed by atoms with Gasteiger partial charge >= 0.3 is 0 Å². The third kappa shape index (κ3) is 1.29. The zero-order valence-electron chi connectivity index (χ0n) is 6.43. The molecule has 1 amide bonds. The molecular weight excluding hydrogens is 166 g/mol. The maximum Gasteiger partial charge on any atom is 0.253 e. The Morgan fingerprint density at radius 3 is 2.42 bits per heavy atom. The van der Waals surface area contributed by atoms with Crippen molar-refractivity contribution in [1.82, 2.24) is 5.32 Å². The van der Waals surface area contributed by atoms with Gasteiger partial charge in [-0.2, -0.15) is 0 Å². The van der Waals surface area contributed by atoms with Crippen molar-refractivity contribution >= 4 is 5.91 Å². The lowest BCUT2D eigenvalue weighted by Crippen LogP contribution is -2.69. The normalized spacial score (nSPS) is 48.8. The first-order valence-corrected chi connectivity index (χ1v) is 3.45. The minimum atomic E-state index is -1.89. The summed E-state index contributed by atoms with van der Waals surface area (Å²) in [5.74, 6) is -0.905. The van der Waals surface area contributed by atoms with Crippen molar-refractivity contribution in [3.63, 3.8) is 0 Å². The molecule has 0 spiro atoms. The molecule has 6 nitrogen and oxygen atoms in total. The summed E-state index contributed by atoms with van der Waals surface area (Å²) in [5, 5.41) is 38.3. The molecule has 1 aliphatic heterocycles. The highest BCUT2D eigenvalue weighted by Gasteiger charge is 2.47. The highest BCUT2D eigenvalue weighted by atomic mass is 16.4. The van der Waals surface area contributed by atoms with E-state index in [1.54, 1.807) is 0 Å². The summed E-state index contributed by atoms with van der Waals surface area (Å²) in [4.78, 5) is 10.8. The van der Waals surface area contributed by atoms with Crippen molar-refractivity contribution in [2.75, 3.05) is 0 Å². The van der Waals surface area contributed by atoms with E-state index in [2.05, 4.69) is 0 Å². The number of rotatable bonds is 0. The molecule has 70 valence electrons. The summed E-state index contributed by atoms with van der Waals surface area (Å²) in [6.45, 7) is 1.13. The molecule has 0 aromatic carbocycles. The molecule has 0 unspecified atom stereocenters. The summed E-state index contributed by atoms with van der Waals surface area (Å²) in [6, 6.07) is 0. The molecule has 1 heterocycles. The summed E-state index contributed by atoms with van der Waals surface area (Å²) < 4.78 is 0. The number of amides is 1. The number of piperidine rings is 1. The van der Waals surface area contributed by atoms with Crippen molar-refractivity contribution < 1.29 is 25.2 Å². The molecule has 0 saturated carbocycles. The molecule has 0 radical (unpaired) electrons. The standard InChI is InChI=1S/C6H11NO5/c1-6(12)4(10)2(8)3(9)5(11)7-6/h2-4,8-10,12H,1H3,(H,7,11)/t2-,3+,4+,6-/m1/s1. The monoisotopic (exact) mass is 177 g/mol. The fourth-order valence-electron chi connectivity index (χ4n) is 1.06. The van der Waals surface area contributed by atoms with Crippen LogP contribution in [0.3, 0.4) is 0 Å². The van der Waals surface area contributed by atoms with Crippen LogP contribution in [0.1, 0.15) is 6.92 Å². The molecule has 1 aliphatic rings. The van der Waals surface area contributed by atoms with Gasteiger partial charge in [0.2, 0.25) is 0 Å². The van der Waals surface area contributed by atoms with Crippen molar-refractivity contribution in [2.45, 2.75) is 31.0 Å². The van der Waals surface area contributed by atoms with E-state index in [4.69, 9.17) is 15.3 Å². The Hall–Kier alpha value is -0.690. The van der Waals surface area contributed by atoms with Gasteiger partial charge in [-0.3, -0.25) is 4.79 Å². The van der Waals surface area contributed by atoms with E-state index in [1.807, 2.05) is 5.32 Å². The average molecular weight is 177 g/mol. The van der Waals surface area contributed by atoms with Crippen LogP contribution in [0.5, 0.6) is 0 Å². The first-order valence-electron chi connectivity index (χ1n) is 3.45. The van der Waals surface area contributed by atoms with Gasteiger partial charge in [-0.15, -0.1) is 0 Å². The Kier molecular flexibility index (Phi) is 2.09. The van der Waals surface area contributed by atoms with Crippen LogP contribution in [0, 0.1) is 0 Å². The summed E-state index contributed by atoms with van der Waals surface area (Å²) in [6.07, 6.45) is -4.95. The highest BCUT2D eigenvalue weighted by molar-refractivity contribution is 5.83. The molecule has 1 rings (SSSR count). The van der Waals surface area contributed by atoms with E-state index >= 15 is 0 Å². The topological polar surface area (TPSA) is 110 Å².